The highest BCUT2D eigenvalue weighted by atomic mass is 35.5. The fraction of sp³-hybridized carbons (Fsp3) is 0.0500. The highest BCUT2D eigenvalue weighted by Gasteiger charge is 2.25. The van der Waals surface area contributed by atoms with E-state index < -0.39 is 16.1 Å². The first-order valence-corrected chi connectivity index (χ1v) is 10.1. The van der Waals surface area contributed by atoms with Gasteiger partial charge in [-0.05, 0) is 47.5 Å². The van der Waals surface area contributed by atoms with E-state index in [-0.39, 0.29) is 4.90 Å². The van der Waals surface area contributed by atoms with Crippen LogP contribution in [0.1, 0.15) is 17.2 Å². The number of fused-ring (bicyclic) bond motifs is 1. The van der Waals surface area contributed by atoms with Crippen molar-refractivity contribution in [3.05, 3.63) is 95.4 Å². The van der Waals surface area contributed by atoms with Crippen LogP contribution in [0.5, 0.6) is 0 Å². The van der Waals surface area contributed by atoms with Crippen molar-refractivity contribution in [1.29, 1.82) is 0 Å². The van der Waals surface area contributed by atoms with Gasteiger partial charge < -0.3 is 4.98 Å². The van der Waals surface area contributed by atoms with Gasteiger partial charge in [-0.25, -0.2) is 8.42 Å². The summed E-state index contributed by atoms with van der Waals surface area (Å²) >= 11 is 5.88. The third kappa shape index (κ3) is 3.60. The van der Waals surface area contributed by atoms with Crippen LogP contribution >= 0.6 is 11.6 Å². The van der Waals surface area contributed by atoms with Crippen molar-refractivity contribution in [1.82, 2.24) is 14.7 Å². The number of halogens is 1. The van der Waals surface area contributed by atoms with Crippen molar-refractivity contribution in [2.24, 2.45) is 0 Å². The van der Waals surface area contributed by atoms with E-state index in [4.69, 9.17) is 11.6 Å². The van der Waals surface area contributed by atoms with Gasteiger partial charge in [0.15, 0.2) is 0 Å². The Morgan fingerprint density at radius 2 is 1.78 bits per heavy atom. The minimum Gasteiger partial charge on any atom is -0.361 e. The van der Waals surface area contributed by atoms with Crippen molar-refractivity contribution in [3.8, 4) is 0 Å². The number of aromatic nitrogens is 2. The summed E-state index contributed by atoms with van der Waals surface area (Å²) in [5.74, 6) is 0. The second-order valence-corrected chi connectivity index (χ2v) is 8.23. The monoisotopic (exact) mass is 397 g/mol. The van der Waals surface area contributed by atoms with Crippen molar-refractivity contribution < 1.29 is 8.42 Å². The number of nitrogens with zero attached hydrogens (tertiary/aromatic N) is 1. The lowest BCUT2D eigenvalue weighted by molar-refractivity contribution is 0.572. The fourth-order valence-electron chi connectivity index (χ4n) is 3.03. The molecule has 0 aliphatic carbocycles. The zero-order valence-corrected chi connectivity index (χ0v) is 15.7. The van der Waals surface area contributed by atoms with Crippen LogP contribution < -0.4 is 4.72 Å². The summed E-state index contributed by atoms with van der Waals surface area (Å²) in [5.41, 5.74) is 2.52. The predicted molar refractivity (Wildman–Crippen MR) is 106 cm³/mol. The molecule has 0 aliphatic rings. The summed E-state index contributed by atoms with van der Waals surface area (Å²) in [6.45, 7) is 0. The van der Waals surface area contributed by atoms with Crippen molar-refractivity contribution >= 4 is 32.5 Å². The maximum atomic E-state index is 13.0. The first-order chi connectivity index (χ1) is 13.0. The molecule has 0 radical (unpaired) electrons. The van der Waals surface area contributed by atoms with Gasteiger partial charge in [-0.15, -0.1) is 0 Å². The molecule has 0 saturated carbocycles. The van der Waals surface area contributed by atoms with Crippen LogP contribution in [-0.4, -0.2) is 18.4 Å². The largest absolute Gasteiger partial charge is 0.361 e. The molecule has 7 heteroatoms. The minimum absolute atomic E-state index is 0.153. The molecule has 2 heterocycles. The molecule has 1 atom stereocenters. The number of rotatable bonds is 5. The lowest BCUT2D eigenvalue weighted by Gasteiger charge is -2.19. The number of pyridine rings is 1. The molecule has 0 fully saturated rings. The second kappa shape index (κ2) is 7.15. The molecule has 2 aromatic carbocycles. The van der Waals surface area contributed by atoms with Gasteiger partial charge in [0, 0.05) is 34.5 Å². The zero-order chi connectivity index (χ0) is 18.9. The summed E-state index contributed by atoms with van der Waals surface area (Å²) in [4.78, 5) is 7.50. The molecule has 0 aliphatic heterocycles. The molecule has 27 heavy (non-hydrogen) atoms. The molecule has 0 spiro atoms. The Hall–Kier alpha value is -2.67. The number of H-pyrrole nitrogens is 1. The van der Waals surface area contributed by atoms with Gasteiger partial charge >= 0.3 is 0 Å². The summed E-state index contributed by atoms with van der Waals surface area (Å²) in [7, 11) is -3.77. The third-order valence-corrected chi connectivity index (χ3v) is 6.04. The van der Waals surface area contributed by atoms with Gasteiger partial charge in [0.25, 0.3) is 0 Å². The SMILES string of the molecule is O=S(=O)(NC(c1cccnc1)c1c[nH]c2ccccc12)c1ccc(Cl)cc1. The average Bonchev–Trinajstić information content (AvgIpc) is 3.11. The Kier molecular flexibility index (Phi) is 4.70. The van der Waals surface area contributed by atoms with Crippen LogP contribution in [0.3, 0.4) is 0 Å². The molecule has 4 aromatic rings. The van der Waals surface area contributed by atoms with Gasteiger partial charge in [0.1, 0.15) is 0 Å². The number of nitrogens with one attached hydrogen (secondary N) is 2. The van der Waals surface area contributed by atoms with E-state index in [1.807, 2.05) is 36.5 Å². The molecule has 5 nitrogen and oxygen atoms in total. The Bertz CT molecular complexity index is 1170. The van der Waals surface area contributed by atoms with E-state index in [0.717, 1.165) is 22.0 Å². The van der Waals surface area contributed by atoms with E-state index in [9.17, 15) is 8.42 Å². The van der Waals surface area contributed by atoms with E-state index in [0.29, 0.717) is 5.02 Å². The standard InChI is InChI=1S/C20H16ClN3O2S/c21-15-7-9-16(10-8-15)27(25,26)24-20(14-4-3-11-22-12-14)18-13-23-19-6-2-1-5-17(18)19/h1-13,20,23-24H. The number of sulfonamides is 1. The second-order valence-electron chi connectivity index (χ2n) is 6.08. The molecule has 136 valence electrons. The molecule has 2 aromatic heterocycles. The molecule has 2 N–H and O–H groups in total. The quantitative estimate of drug-likeness (QED) is 0.527. The van der Waals surface area contributed by atoms with Crippen molar-refractivity contribution in [2.75, 3.05) is 0 Å². The normalized spacial score (nSPS) is 12.9. The minimum atomic E-state index is -3.77. The first kappa shape index (κ1) is 17.7. The molecular formula is C20H16ClN3O2S. The van der Waals surface area contributed by atoms with E-state index in [1.54, 1.807) is 30.6 Å². The molecule has 0 bridgehead atoms. The smallest absolute Gasteiger partial charge is 0.241 e. The number of benzene rings is 2. The number of para-hydroxylation sites is 1. The van der Waals surface area contributed by atoms with Crippen molar-refractivity contribution in [3.63, 3.8) is 0 Å². The Morgan fingerprint density at radius 3 is 2.52 bits per heavy atom. The van der Waals surface area contributed by atoms with E-state index in [2.05, 4.69) is 14.7 Å². The molecule has 4 rings (SSSR count). The highest BCUT2D eigenvalue weighted by molar-refractivity contribution is 7.89. The summed E-state index contributed by atoms with van der Waals surface area (Å²) in [6.07, 6.45) is 5.15. The zero-order valence-electron chi connectivity index (χ0n) is 14.1. The van der Waals surface area contributed by atoms with Crippen molar-refractivity contribution in [2.45, 2.75) is 10.9 Å². The van der Waals surface area contributed by atoms with Crippen LogP contribution in [0.25, 0.3) is 10.9 Å². The van der Waals surface area contributed by atoms with Crippen LogP contribution in [0.2, 0.25) is 5.02 Å². The van der Waals surface area contributed by atoms with Crippen LogP contribution in [0, 0.1) is 0 Å². The van der Waals surface area contributed by atoms with E-state index >= 15 is 0 Å². The maximum Gasteiger partial charge on any atom is 0.241 e. The Labute approximate surface area is 162 Å². The van der Waals surface area contributed by atoms with Crippen LogP contribution in [0.4, 0.5) is 0 Å². The summed E-state index contributed by atoms with van der Waals surface area (Å²) in [5, 5.41) is 1.43. The van der Waals surface area contributed by atoms with E-state index in [1.165, 1.54) is 12.1 Å². The van der Waals surface area contributed by atoms with Gasteiger partial charge in [0.05, 0.1) is 10.9 Å². The van der Waals surface area contributed by atoms with Gasteiger partial charge in [-0.2, -0.15) is 4.72 Å². The molecule has 1 unspecified atom stereocenters. The van der Waals surface area contributed by atoms with Crippen LogP contribution in [-0.2, 0) is 10.0 Å². The lowest BCUT2D eigenvalue weighted by Crippen LogP contribution is -2.29. The summed E-state index contributed by atoms with van der Waals surface area (Å²) in [6, 6.07) is 16.9. The van der Waals surface area contributed by atoms with Gasteiger partial charge in [-0.3, -0.25) is 4.98 Å². The highest BCUT2D eigenvalue weighted by Crippen LogP contribution is 2.30. The third-order valence-electron chi connectivity index (χ3n) is 4.35. The summed E-state index contributed by atoms with van der Waals surface area (Å²) < 4.78 is 28.8. The predicted octanol–water partition coefficient (Wildman–Crippen LogP) is 4.28. The number of hydrogen-bond acceptors (Lipinski definition) is 3. The Balaban J connectivity index is 1.81. The lowest BCUT2D eigenvalue weighted by atomic mass is 10.0. The van der Waals surface area contributed by atoms with Gasteiger partial charge in [0.2, 0.25) is 10.0 Å². The molecular weight excluding hydrogens is 382 g/mol. The van der Waals surface area contributed by atoms with Crippen LogP contribution in [0.15, 0.2) is 84.1 Å². The van der Waals surface area contributed by atoms with Gasteiger partial charge in [-0.1, -0.05) is 35.9 Å². The fourth-order valence-corrected chi connectivity index (χ4v) is 4.36. The number of hydrogen-bond donors (Lipinski definition) is 2. The Morgan fingerprint density at radius 1 is 1.00 bits per heavy atom. The maximum absolute atomic E-state index is 13.0. The topological polar surface area (TPSA) is 74.8 Å². The molecule has 0 amide bonds. The number of aromatic amines is 1. The average molecular weight is 398 g/mol. The molecule has 0 saturated heterocycles. The first-order valence-electron chi connectivity index (χ1n) is 8.28.